The van der Waals surface area contributed by atoms with Crippen molar-refractivity contribution in [3.05, 3.63) is 30.3 Å². The number of anilines is 1. The summed E-state index contributed by atoms with van der Waals surface area (Å²) in [5.41, 5.74) is -3.45. The molecule has 0 heterocycles. The van der Waals surface area contributed by atoms with Crippen LogP contribution in [0.4, 0.5) is 18.9 Å². The molecule has 0 spiro atoms. The van der Waals surface area contributed by atoms with Crippen LogP contribution >= 0.6 is 11.6 Å². The van der Waals surface area contributed by atoms with Gasteiger partial charge in [-0.05, 0) is 19.1 Å². The summed E-state index contributed by atoms with van der Waals surface area (Å²) in [5, 5.41) is 3.56. The average Bonchev–Trinajstić information content (AvgIpc) is 2.46. The number of ether oxygens (including phenoxy) is 1. The Bertz CT molecular complexity index is 525. The predicted molar refractivity (Wildman–Crippen MR) is 74.3 cm³/mol. The fraction of sp³-hybridized carbons (Fsp3) is 0.385. The van der Waals surface area contributed by atoms with E-state index in [1.54, 1.807) is 11.4 Å². The molecular weight excluding hydrogens is 325 g/mol. The van der Waals surface area contributed by atoms with Crippen molar-refractivity contribution in [1.82, 2.24) is 5.32 Å². The first kappa shape index (κ1) is 18.1. The number of para-hydroxylation sites is 1. The fourth-order valence-corrected chi connectivity index (χ4v) is 1.68. The predicted octanol–water partition coefficient (Wildman–Crippen LogP) is 2.28. The van der Waals surface area contributed by atoms with E-state index in [1.807, 2.05) is 5.32 Å². The van der Waals surface area contributed by atoms with E-state index in [1.165, 1.54) is 31.2 Å². The summed E-state index contributed by atoms with van der Waals surface area (Å²) in [6, 6.07) is 7.15. The Morgan fingerprint density at radius 3 is 2.27 bits per heavy atom. The molecule has 2 N–H and O–H groups in total. The number of halogens is 4. The molecule has 0 aliphatic rings. The molecule has 1 aromatic rings. The molecule has 0 fully saturated rings. The summed E-state index contributed by atoms with van der Waals surface area (Å²) in [7, 11) is 0. The third kappa shape index (κ3) is 4.03. The van der Waals surface area contributed by atoms with Crippen molar-refractivity contribution in [2.75, 3.05) is 17.8 Å². The molecule has 0 unspecified atom stereocenters. The zero-order chi connectivity index (χ0) is 16.8. The molecule has 0 aliphatic carbocycles. The lowest BCUT2D eigenvalue weighted by molar-refractivity contribution is -0.207. The minimum absolute atomic E-state index is 0.0252. The second-order valence-electron chi connectivity index (χ2n) is 4.14. The van der Waals surface area contributed by atoms with E-state index in [4.69, 9.17) is 11.6 Å². The zero-order valence-corrected chi connectivity index (χ0v) is 12.3. The number of carbonyl (C=O) groups is 2. The van der Waals surface area contributed by atoms with E-state index in [2.05, 4.69) is 4.74 Å². The number of benzene rings is 1. The Hall–Kier alpha value is -1.96. The summed E-state index contributed by atoms with van der Waals surface area (Å²) in [5.74, 6) is -3.59. The SMILES string of the molecule is CCOC(=O)[C@@](NC(=O)CCl)(Nc1ccccc1)C(F)(F)F. The Morgan fingerprint density at radius 2 is 1.82 bits per heavy atom. The van der Waals surface area contributed by atoms with Crippen LogP contribution in [-0.2, 0) is 14.3 Å². The van der Waals surface area contributed by atoms with Crippen LogP contribution in [0.3, 0.4) is 0 Å². The van der Waals surface area contributed by atoms with E-state index in [0.717, 1.165) is 0 Å². The number of hydrogen-bond acceptors (Lipinski definition) is 4. The van der Waals surface area contributed by atoms with Gasteiger partial charge in [0.25, 0.3) is 0 Å². The van der Waals surface area contributed by atoms with E-state index in [9.17, 15) is 22.8 Å². The van der Waals surface area contributed by atoms with Gasteiger partial charge in [-0.1, -0.05) is 18.2 Å². The summed E-state index contributed by atoms with van der Waals surface area (Å²) >= 11 is 5.23. The molecule has 1 atom stereocenters. The number of amides is 1. The third-order valence-corrected chi connectivity index (χ3v) is 2.80. The normalized spacial score (nSPS) is 13.9. The van der Waals surface area contributed by atoms with Gasteiger partial charge in [-0.2, -0.15) is 13.2 Å². The highest BCUT2D eigenvalue weighted by atomic mass is 35.5. The highest BCUT2D eigenvalue weighted by Gasteiger charge is 2.63. The molecular formula is C13H14ClF3N2O3. The van der Waals surface area contributed by atoms with E-state index in [0.29, 0.717) is 0 Å². The highest BCUT2D eigenvalue weighted by molar-refractivity contribution is 6.27. The number of nitrogens with one attached hydrogen (secondary N) is 2. The van der Waals surface area contributed by atoms with Gasteiger partial charge in [-0.25, -0.2) is 4.79 Å². The second-order valence-corrected chi connectivity index (χ2v) is 4.41. The Morgan fingerprint density at radius 1 is 1.23 bits per heavy atom. The van der Waals surface area contributed by atoms with Crippen LogP contribution in [0, 0.1) is 0 Å². The van der Waals surface area contributed by atoms with Crippen molar-refractivity contribution >= 4 is 29.2 Å². The third-order valence-electron chi connectivity index (χ3n) is 2.56. The lowest BCUT2D eigenvalue weighted by Gasteiger charge is -2.35. The van der Waals surface area contributed by atoms with Crippen molar-refractivity contribution in [1.29, 1.82) is 0 Å². The van der Waals surface area contributed by atoms with Crippen molar-refractivity contribution in [2.24, 2.45) is 0 Å². The van der Waals surface area contributed by atoms with Gasteiger partial charge in [-0.15, -0.1) is 11.6 Å². The smallest absolute Gasteiger partial charge is 0.441 e. The van der Waals surface area contributed by atoms with Crippen LogP contribution < -0.4 is 10.6 Å². The maximum atomic E-state index is 13.5. The Kier molecular flexibility index (Phi) is 6.04. The van der Waals surface area contributed by atoms with Gasteiger partial charge in [0.05, 0.1) is 6.61 Å². The van der Waals surface area contributed by atoms with Gasteiger partial charge in [0.15, 0.2) is 0 Å². The second kappa shape index (κ2) is 7.35. The van der Waals surface area contributed by atoms with Crippen LogP contribution in [0.2, 0.25) is 0 Å². The number of esters is 1. The van der Waals surface area contributed by atoms with Gasteiger partial charge in [-0.3, -0.25) is 4.79 Å². The quantitative estimate of drug-likeness (QED) is 0.474. The standard InChI is InChI=1S/C13H14ClF3N2O3/c1-2-22-11(21)12(13(15,16)17,19-10(20)8-14)18-9-6-4-3-5-7-9/h3-7,18H,2,8H2,1H3,(H,19,20)/t12-/m0/s1. The summed E-state index contributed by atoms with van der Waals surface area (Å²) in [4.78, 5) is 23.3. The zero-order valence-electron chi connectivity index (χ0n) is 11.5. The molecule has 0 saturated carbocycles. The van der Waals surface area contributed by atoms with Crippen LogP contribution in [0.5, 0.6) is 0 Å². The minimum atomic E-state index is -5.16. The summed E-state index contributed by atoms with van der Waals surface area (Å²) < 4.78 is 45.0. The van der Waals surface area contributed by atoms with E-state index < -0.39 is 29.6 Å². The number of alkyl halides is 4. The van der Waals surface area contributed by atoms with Crippen molar-refractivity contribution in [2.45, 2.75) is 18.8 Å². The van der Waals surface area contributed by atoms with E-state index in [-0.39, 0.29) is 12.3 Å². The molecule has 0 aromatic heterocycles. The molecule has 1 rings (SSSR count). The largest absolute Gasteiger partial charge is 0.463 e. The minimum Gasteiger partial charge on any atom is -0.463 e. The molecule has 22 heavy (non-hydrogen) atoms. The molecule has 0 aliphatic heterocycles. The first-order valence-corrected chi connectivity index (χ1v) is 6.74. The van der Waals surface area contributed by atoms with Crippen molar-refractivity contribution in [3.63, 3.8) is 0 Å². The molecule has 1 aromatic carbocycles. The van der Waals surface area contributed by atoms with Gasteiger partial charge >= 0.3 is 17.8 Å². The van der Waals surface area contributed by atoms with Crippen LogP contribution in [0.1, 0.15) is 6.92 Å². The topological polar surface area (TPSA) is 67.4 Å². The van der Waals surface area contributed by atoms with Crippen LogP contribution in [0.25, 0.3) is 0 Å². The van der Waals surface area contributed by atoms with Crippen LogP contribution in [-0.4, -0.2) is 36.2 Å². The molecule has 5 nitrogen and oxygen atoms in total. The first-order valence-electron chi connectivity index (χ1n) is 6.21. The summed E-state index contributed by atoms with van der Waals surface area (Å²) in [6.45, 7) is 1.06. The summed E-state index contributed by atoms with van der Waals surface area (Å²) in [6.07, 6.45) is -5.16. The number of rotatable bonds is 6. The molecule has 9 heteroatoms. The average molecular weight is 339 g/mol. The number of hydrogen-bond donors (Lipinski definition) is 2. The Labute approximate surface area is 129 Å². The molecule has 0 saturated heterocycles. The van der Waals surface area contributed by atoms with Gasteiger partial charge < -0.3 is 15.4 Å². The fourth-order valence-electron chi connectivity index (χ4n) is 1.61. The first-order chi connectivity index (χ1) is 10.3. The van der Waals surface area contributed by atoms with E-state index >= 15 is 0 Å². The molecule has 0 bridgehead atoms. The Balaban J connectivity index is 3.30. The lowest BCUT2D eigenvalue weighted by Crippen LogP contribution is -2.69. The number of carbonyl (C=O) groups excluding carboxylic acids is 2. The van der Waals surface area contributed by atoms with Gasteiger partial charge in [0, 0.05) is 5.69 Å². The van der Waals surface area contributed by atoms with Crippen molar-refractivity contribution < 1.29 is 27.5 Å². The van der Waals surface area contributed by atoms with Crippen molar-refractivity contribution in [3.8, 4) is 0 Å². The van der Waals surface area contributed by atoms with Gasteiger partial charge in [0.1, 0.15) is 5.88 Å². The molecule has 122 valence electrons. The monoisotopic (exact) mass is 338 g/mol. The lowest BCUT2D eigenvalue weighted by atomic mass is 10.1. The maximum Gasteiger partial charge on any atom is 0.441 e. The highest BCUT2D eigenvalue weighted by Crippen LogP contribution is 2.33. The molecule has 1 amide bonds. The van der Waals surface area contributed by atoms with Crippen LogP contribution in [0.15, 0.2) is 30.3 Å². The molecule has 0 radical (unpaired) electrons. The maximum absolute atomic E-state index is 13.5. The van der Waals surface area contributed by atoms with Gasteiger partial charge in [0.2, 0.25) is 5.91 Å².